The Hall–Kier alpha value is -1.49. The van der Waals surface area contributed by atoms with Crippen LogP contribution >= 0.6 is 0 Å². The Labute approximate surface area is 112 Å². The Bertz CT molecular complexity index is 449. The normalized spacial score (nSPS) is 14.3. The van der Waals surface area contributed by atoms with Crippen LogP contribution in [0, 0.1) is 17.6 Å². The predicted octanol–water partition coefficient (Wildman–Crippen LogP) is 2.81. The summed E-state index contributed by atoms with van der Waals surface area (Å²) in [5, 5.41) is 2.97. The van der Waals surface area contributed by atoms with Crippen molar-refractivity contribution in [1.82, 2.24) is 5.32 Å². The molecule has 0 spiro atoms. The molecule has 1 aromatic rings. The summed E-state index contributed by atoms with van der Waals surface area (Å²) in [6, 6.07) is 2.20. The lowest BCUT2D eigenvalue weighted by molar-refractivity contribution is -0.144. The highest BCUT2D eigenvalue weighted by Gasteiger charge is 2.25. The lowest BCUT2D eigenvalue weighted by Crippen LogP contribution is -2.43. The first-order valence-corrected chi connectivity index (χ1v) is 6.15. The Morgan fingerprint density at radius 1 is 1.26 bits per heavy atom. The predicted molar refractivity (Wildman–Crippen MR) is 68.6 cm³/mol. The first-order valence-electron chi connectivity index (χ1n) is 6.15. The Balaban J connectivity index is 2.90. The number of esters is 1. The summed E-state index contributed by atoms with van der Waals surface area (Å²) >= 11 is 0. The Kier molecular flexibility index (Phi) is 5.42. The van der Waals surface area contributed by atoms with Crippen molar-refractivity contribution < 1.29 is 18.3 Å². The molecule has 0 bridgehead atoms. The highest BCUT2D eigenvalue weighted by atomic mass is 19.1. The third-order valence-electron chi connectivity index (χ3n) is 2.98. The van der Waals surface area contributed by atoms with Crippen LogP contribution in [0.2, 0.25) is 0 Å². The Morgan fingerprint density at radius 3 is 2.42 bits per heavy atom. The van der Waals surface area contributed by atoms with Crippen LogP contribution in [0.3, 0.4) is 0 Å². The fourth-order valence-electron chi connectivity index (χ4n) is 1.87. The zero-order valence-electron chi connectivity index (χ0n) is 11.5. The summed E-state index contributed by atoms with van der Waals surface area (Å²) in [6.07, 6.45) is 0. The van der Waals surface area contributed by atoms with E-state index in [9.17, 15) is 13.6 Å². The quantitative estimate of drug-likeness (QED) is 0.837. The first kappa shape index (κ1) is 15.6. The maximum Gasteiger partial charge on any atom is 0.323 e. The molecule has 106 valence electrons. The maximum atomic E-state index is 13.6. The molecule has 5 heteroatoms. The van der Waals surface area contributed by atoms with Gasteiger partial charge in [0.15, 0.2) is 0 Å². The smallest absolute Gasteiger partial charge is 0.323 e. The molecule has 0 amide bonds. The van der Waals surface area contributed by atoms with Crippen molar-refractivity contribution in [2.45, 2.75) is 32.9 Å². The first-order chi connectivity index (χ1) is 8.86. The second-order valence-corrected chi connectivity index (χ2v) is 4.80. The number of hydrogen-bond donors (Lipinski definition) is 1. The summed E-state index contributed by atoms with van der Waals surface area (Å²) in [7, 11) is 1.30. The van der Waals surface area contributed by atoms with Gasteiger partial charge in [-0.1, -0.05) is 13.8 Å². The highest BCUT2D eigenvalue weighted by Crippen LogP contribution is 2.20. The molecule has 3 nitrogen and oxygen atoms in total. The number of nitrogens with one attached hydrogen (secondary N) is 1. The minimum absolute atomic E-state index is 0.0217. The largest absolute Gasteiger partial charge is 0.468 e. The van der Waals surface area contributed by atoms with Crippen LogP contribution in [0.15, 0.2) is 18.2 Å². The van der Waals surface area contributed by atoms with Gasteiger partial charge in [-0.05, 0) is 31.0 Å². The van der Waals surface area contributed by atoms with Crippen molar-refractivity contribution in [1.29, 1.82) is 0 Å². The SMILES string of the molecule is COC(=O)C(NC(C)c1cc(F)ccc1F)C(C)C. The summed E-state index contributed by atoms with van der Waals surface area (Å²) in [5.41, 5.74) is 0.189. The van der Waals surface area contributed by atoms with Gasteiger partial charge in [0.05, 0.1) is 7.11 Å². The van der Waals surface area contributed by atoms with Crippen molar-refractivity contribution >= 4 is 5.97 Å². The van der Waals surface area contributed by atoms with Crippen LogP contribution in [0.5, 0.6) is 0 Å². The molecule has 0 radical (unpaired) electrons. The molecule has 1 rings (SSSR count). The molecule has 1 N–H and O–H groups in total. The molecule has 0 saturated heterocycles. The standard InChI is InChI=1S/C14H19F2NO2/c1-8(2)13(14(18)19-4)17-9(3)11-7-10(15)5-6-12(11)16/h5-9,13,17H,1-4H3. The van der Waals surface area contributed by atoms with E-state index < -0.39 is 29.7 Å². The molecule has 19 heavy (non-hydrogen) atoms. The van der Waals surface area contributed by atoms with E-state index in [2.05, 4.69) is 5.32 Å². The number of rotatable bonds is 5. The van der Waals surface area contributed by atoms with Crippen molar-refractivity contribution in [2.24, 2.45) is 5.92 Å². The molecule has 0 aliphatic heterocycles. The van der Waals surface area contributed by atoms with E-state index in [4.69, 9.17) is 4.74 Å². The molecular formula is C14H19F2NO2. The van der Waals surface area contributed by atoms with Crippen LogP contribution < -0.4 is 5.32 Å². The van der Waals surface area contributed by atoms with Gasteiger partial charge in [-0.3, -0.25) is 10.1 Å². The van der Waals surface area contributed by atoms with Crippen molar-refractivity contribution in [3.8, 4) is 0 Å². The van der Waals surface area contributed by atoms with E-state index in [1.807, 2.05) is 13.8 Å². The summed E-state index contributed by atoms with van der Waals surface area (Å²) < 4.78 is 31.5. The molecule has 0 aliphatic carbocycles. The minimum Gasteiger partial charge on any atom is -0.468 e. The molecule has 2 unspecified atom stereocenters. The second-order valence-electron chi connectivity index (χ2n) is 4.80. The maximum absolute atomic E-state index is 13.6. The number of carbonyl (C=O) groups is 1. The molecule has 2 atom stereocenters. The van der Waals surface area contributed by atoms with Gasteiger partial charge in [0.2, 0.25) is 0 Å². The van der Waals surface area contributed by atoms with Crippen LogP contribution in [0.25, 0.3) is 0 Å². The fourth-order valence-corrected chi connectivity index (χ4v) is 1.87. The highest BCUT2D eigenvalue weighted by molar-refractivity contribution is 5.76. The van der Waals surface area contributed by atoms with Crippen LogP contribution in [-0.2, 0) is 9.53 Å². The number of hydrogen-bond acceptors (Lipinski definition) is 3. The third kappa shape index (κ3) is 3.99. The van der Waals surface area contributed by atoms with Crippen LogP contribution in [0.4, 0.5) is 8.78 Å². The summed E-state index contributed by atoms with van der Waals surface area (Å²) in [4.78, 5) is 11.6. The van der Waals surface area contributed by atoms with Gasteiger partial charge in [0, 0.05) is 11.6 Å². The zero-order chi connectivity index (χ0) is 14.6. The fraction of sp³-hybridized carbons (Fsp3) is 0.500. The number of carbonyl (C=O) groups excluding carboxylic acids is 1. The van der Waals surface area contributed by atoms with Gasteiger partial charge < -0.3 is 4.74 Å². The molecule has 1 aromatic carbocycles. The number of benzene rings is 1. The summed E-state index contributed by atoms with van der Waals surface area (Å²) in [6.45, 7) is 5.38. The molecule has 0 aromatic heterocycles. The minimum atomic E-state index is -0.567. The van der Waals surface area contributed by atoms with Gasteiger partial charge in [-0.15, -0.1) is 0 Å². The molecular weight excluding hydrogens is 252 g/mol. The van der Waals surface area contributed by atoms with Gasteiger partial charge in [-0.2, -0.15) is 0 Å². The average Bonchev–Trinajstić information content (AvgIpc) is 2.37. The summed E-state index contributed by atoms with van der Waals surface area (Å²) in [5.74, 6) is -1.46. The topological polar surface area (TPSA) is 38.3 Å². The second kappa shape index (κ2) is 6.61. The van der Waals surface area contributed by atoms with Gasteiger partial charge in [0.25, 0.3) is 0 Å². The Morgan fingerprint density at radius 2 is 1.89 bits per heavy atom. The van der Waals surface area contributed by atoms with Crippen LogP contribution in [-0.4, -0.2) is 19.1 Å². The monoisotopic (exact) mass is 271 g/mol. The molecule has 0 saturated carbocycles. The van der Waals surface area contributed by atoms with Gasteiger partial charge in [-0.25, -0.2) is 8.78 Å². The van der Waals surface area contributed by atoms with E-state index in [-0.39, 0.29) is 11.5 Å². The van der Waals surface area contributed by atoms with Crippen molar-refractivity contribution in [3.63, 3.8) is 0 Å². The average molecular weight is 271 g/mol. The molecule has 0 heterocycles. The zero-order valence-corrected chi connectivity index (χ0v) is 11.5. The molecule has 0 fully saturated rings. The van der Waals surface area contributed by atoms with Crippen molar-refractivity contribution in [3.05, 3.63) is 35.4 Å². The molecule has 0 aliphatic rings. The van der Waals surface area contributed by atoms with E-state index in [1.165, 1.54) is 7.11 Å². The van der Waals surface area contributed by atoms with E-state index in [0.29, 0.717) is 0 Å². The van der Waals surface area contributed by atoms with E-state index >= 15 is 0 Å². The van der Waals surface area contributed by atoms with Gasteiger partial charge in [0.1, 0.15) is 17.7 Å². The van der Waals surface area contributed by atoms with E-state index in [1.54, 1.807) is 6.92 Å². The van der Waals surface area contributed by atoms with Crippen molar-refractivity contribution in [2.75, 3.05) is 7.11 Å². The number of halogens is 2. The van der Waals surface area contributed by atoms with E-state index in [0.717, 1.165) is 18.2 Å². The lowest BCUT2D eigenvalue weighted by Gasteiger charge is -2.24. The number of ether oxygens (including phenoxy) is 1. The van der Waals surface area contributed by atoms with Gasteiger partial charge >= 0.3 is 5.97 Å². The lowest BCUT2D eigenvalue weighted by atomic mass is 10.0. The van der Waals surface area contributed by atoms with Crippen LogP contribution in [0.1, 0.15) is 32.4 Å². The third-order valence-corrected chi connectivity index (χ3v) is 2.98. The number of methoxy groups -OCH3 is 1.